The molecule has 24 heteroatoms. The van der Waals surface area contributed by atoms with Gasteiger partial charge in [0.1, 0.15) is 53.7 Å². The fourth-order valence-corrected chi connectivity index (χ4v) is 8.90. The van der Waals surface area contributed by atoms with E-state index in [9.17, 15) is 9.13 Å². The molecule has 0 amide bonds. The monoisotopic (exact) mass is 734 g/mol. The maximum atomic E-state index is 16.0. The molecule has 0 unspecified atom stereocenters. The lowest BCUT2D eigenvalue weighted by molar-refractivity contribution is -0.124. The van der Waals surface area contributed by atoms with Gasteiger partial charge in [0.25, 0.3) is 0 Å². The molecule has 0 spiro atoms. The zero-order valence-electron chi connectivity index (χ0n) is 24.5. The first kappa shape index (κ1) is 33.0. The van der Waals surface area contributed by atoms with Crippen LogP contribution in [0, 0.1) is 0 Å². The fraction of sp³-hybridized carbons (Fsp3) is 0.565. The second-order valence-corrected chi connectivity index (χ2v) is 16.7. The molecule has 0 saturated carbocycles. The Kier molecular flexibility index (Phi) is 8.52. The molecule has 3 saturated heterocycles. The predicted octanol–water partition coefficient (Wildman–Crippen LogP) is 2.65. The van der Waals surface area contributed by atoms with E-state index >= 15 is 4.39 Å². The molecule has 2 bridgehead atoms. The van der Waals surface area contributed by atoms with Crippen LogP contribution >= 0.6 is 38.1 Å². The highest BCUT2D eigenvalue weighted by atomic mass is 32.7. The van der Waals surface area contributed by atoms with Crippen LogP contribution in [0.1, 0.15) is 25.8 Å². The van der Waals surface area contributed by atoms with Crippen LogP contribution in [-0.2, 0) is 41.4 Å². The zero-order valence-corrected chi connectivity index (χ0v) is 28.1. The van der Waals surface area contributed by atoms with Crippen molar-refractivity contribution in [2.45, 2.75) is 62.0 Å². The number of hydrogen-bond donors (Lipinski definition) is 4. The van der Waals surface area contributed by atoms with Crippen LogP contribution < -0.4 is 11.5 Å². The summed E-state index contributed by atoms with van der Waals surface area (Å²) in [5, 5.41) is 0. The van der Waals surface area contributed by atoms with Gasteiger partial charge in [0, 0.05) is 7.11 Å². The summed E-state index contributed by atoms with van der Waals surface area (Å²) in [4.78, 5) is 24.8. The summed E-state index contributed by atoms with van der Waals surface area (Å²) in [7, 11) is 1.39. The van der Waals surface area contributed by atoms with Gasteiger partial charge in [-0.1, -0.05) is 31.4 Å². The van der Waals surface area contributed by atoms with Gasteiger partial charge in [0.05, 0.1) is 25.9 Å². The van der Waals surface area contributed by atoms with E-state index in [1.807, 2.05) is 0 Å². The number of anilines is 2. The van der Waals surface area contributed by atoms with E-state index < -0.39 is 75.5 Å². The first-order valence-corrected chi connectivity index (χ1v) is 19.4. The smallest absolute Gasteiger partial charge is 0.382 e. The second-order valence-electron chi connectivity index (χ2n) is 10.9. The van der Waals surface area contributed by atoms with Crippen molar-refractivity contribution in [1.29, 1.82) is 0 Å². The molecular formula is C23H29FN10O9P2S2. The summed E-state index contributed by atoms with van der Waals surface area (Å²) in [5.41, 5.74) is 11.4. The number of thiol groups is 2. The maximum absolute atomic E-state index is 16.0. The Balaban J connectivity index is 1.26. The Bertz CT molecular complexity index is 1930. The number of halogens is 1. The van der Waals surface area contributed by atoms with Crippen LogP contribution in [0.5, 0.6) is 0 Å². The second kappa shape index (κ2) is 12.1. The SMILES string of the molecule is CC[C@@]12CO[P@@](=O)(S)O[C@@H]3[C@H](F)[C@@H](CO[P@@](=O)(S)O[C@H]1[C@@H](OC)[C@H](n1cnc4c(N)ncnc41)O2)O[C@H]3n1cnc2c(N)ncnc21. The van der Waals surface area contributed by atoms with Crippen molar-refractivity contribution in [2.24, 2.45) is 0 Å². The molecule has 0 aromatic carbocycles. The number of nitrogens with two attached hydrogens (primary N) is 2. The Morgan fingerprint density at radius 2 is 1.55 bits per heavy atom. The standard InChI is InChI=1S/C23H29FN10O9P2S2/c1-3-23-5-39-45(36,47)42-14-11(24)10(40-21(14)33-8-31-12-17(25)27-6-29-19(12)33)4-38-44(35,46)43-16(23)15(37-2)22(41-23)34-9-32-13-18(26)28-7-30-20(13)34/h6-11,14-16,21-22H,3-5H2,1-2H3,(H,35,46)(H,36,47)(H2,25,27,29)(H2,26,28,30)/t10-,11-,14-,15-,16+,21-,22-,23-,44-,45-/m1/s1. The lowest BCUT2D eigenvalue weighted by atomic mass is 9.93. The molecule has 0 aliphatic carbocycles. The summed E-state index contributed by atoms with van der Waals surface area (Å²) >= 11 is 8.37. The van der Waals surface area contributed by atoms with Crippen LogP contribution in [0.15, 0.2) is 25.3 Å². The van der Waals surface area contributed by atoms with Crippen LogP contribution in [0.4, 0.5) is 16.0 Å². The molecule has 0 radical (unpaired) electrons. The molecule has 7 rings (SSSR count). The lowest BCUT2D eigenvalue weighted by Crippen LogP contribution is -2.48. The third-order valence-corrected chi connectivity index (χ3v) is 11.5. The van der Waals surface area contributed by atoms with Crippen molar-refractivity contribution in [1.82, 2.24) is 39.0 Å². The van der Waals surface area contributed by atoms with Gasteiger partial charge in [0.15, 0.2) is 41.6 Å². The van der Waals surface area contributed by atoms with Gasteiger partial charge in [-0.05, 0) is 6.42 Å². The predicted molar refractivity (Wildman–Crippen MR) is 167 cm³/mol. The Morgan fingerprint density at radius 3 is 2.15 bits per heavy atom. The molecule has 4 N–H and O–H groups in total. The van der Waals surface area contributed by atoms with Crippen molar-refractivity contribution in [3.63, 3.8) is 0 Å². The minimum absolute atomic E-state index is 0.0719. The molecule has 4 aromatic rings. The van der Waals surface area contributed by atoms with Gasteiger partial charge >= 0.3 is 13.6 Å². The molecule has 47 heavy (non-hydrogen) atoms. The average Bonchev–Trinajstić information content (AvgIpc) is 3.79. The minimum atomic E-state index is -4.41. The molecule has 3 aliphatic rings. The highest BCUT2D eigenvalue weighted by molar-refractivity contribution is 8.44. The van der Waals surface area contributed by atoms with Crippen LogP contribution in [0.2, 0.25) is 0 Å². The number of aromatic nitrogens is 8. The maximum Gasteiger partial charge on any atom is 0.386 e. The molecule has 4 aromatic heterocycles. The van der Waals surface area contributed by atoms with E-state index in [0.717, 1.165) is 0 Å². The molecule has 7 heterocycles. The number of alkyl halides is 1. The van der Waals surface area contributed by atoms with Crippen molar-refractivity contribution in [3.05, 3.63) is 25.3 Å². The van der Waals surface area contributed by atoms with E-state index in [1.165, 1.54) is 41.6 Å². The quantitative estimate of drug-likeness (QED) is 0.174. The van der Waals surface area contributed by atoms with Gasteiger partial charge in [-0.25, -0.2) is 43.4 Å². The lowest BCUT2D eigenvalue weighted by Gasteiger charge is -2.35. The van der Waals surface area contributed by atoms with E-state index in [-0.39, 0.29) is 29.2 Å². The third-order valence-electron chi connectivity index (χ3n) is 8.29. The number of imidazole rings is 2. The number of nitrogens with zero attached hydrogens (tertiary/aromatic N) is 8. The fourth-order valence-electron chi connectivity index (χ4n) is 5.93. The van der Waals surface area contributed by atoms with E-state index in [0.29, 0.717) is 11.2 Å². The Labute approximate surface area is 275 Å². The van der Waals surface area contributed by atoms with Crippen molar-refractivity contribution < 1.29 is 45.8 Å². The van der Waals surface area contributed by atoms with Gasteiger partial charge in [-0.15, -0.1) is 0 Å². The Morgan fingerprint density at radius 1 is 0.957 bits per heavy atom. The van der Waals surface area contributed by atoms with Gasteiger partial charge in [0.2, 0.25) is 0 Å². The summed E-state index contributed by atoms with van der Waals surface area (Å²) in [6.45, 7) is -8.14. The number of fused-ring (bicyclic) bond motifs is 5. The minimum Gasteiger partial charge on any atom is -0.382 e. The van der Waals surface area contributed by atoms with Crippen LogP contribution in [-0.4, -0.2) is 95.6 Å². The van der Waals surface area contributed by atoms with Crippen LogP contribution in [0.25, 0.3) is 22.3 Å². The van der Waals surface area contributed by atoms with Gasteiger partial charge in [-0.3, -0.25) is 27.2 Å². The molecule has 3 fully saturated rings. The van der Waals surface area contributed by atoms with Crippen LogP contribution in [0.3, 0.4) is 0 Å². The molecule has 254 valence electrons. The summed E-state index contributed by atoms with van der Waals surface area (Å²) < 4.78 is 87.9. The number of nitrogen functional groups attached to an aromatic ring is 2. The van der Waals surface area contributed by atoms with Crippen molar-refractivity contribution in [3.8, 4) is 0 Å². The van der Waals surface area contributed by atoms with E-state index in [2.05, 4.69) is 54.4 Å². The summed E-state index contributed by atoms with van der Waals surface area (Å²) in [6, 6.07) is 0. The summed E-state index contributed by atoms with van der Waals surface area (Å²) in [5.74, 6) is 0.207. The summed E-state index contributed by atoms with van der Waals surface area (Å²) in [6.07, 6.45) is -4.28. The first-order valence-electron chi connectivity index (χ1n) is 14.0. The zero-order chi connectivity index (χ0) is 33.3. The third kappa shape index (κ3) is 5.72. The number of rotatable bonds is 4. The van der Waals surface area contributed by atoms with Gasteiger partial charge < -0.3 is 25.7 Å². The number of ether oxygens (including phenoxy) is 3. The normalized spacial score (nSPS) is 38.2. The van der Waals surface area contributed by atoms with Crippen molar-refractivity contribution in [2.75, 3.05) is 31.8 Å². The average molecular weight is 735 g/mol. The molecular weight excluding hydrogens is 705 g/mol. The first-order chi connectivity index (χ1) is 22.4. The molecule has 3 aliphatic heterocycles. The van der Waals surface area contributed by atoms with Crippen molar-refractivity contribution >= 4 is 72.1 Å². The van der Waals surface area contributed by atoms with E-state index in [4.69, 9.17) is 43.8 Å². The Hall–Kier alpha value is -2.49. The molecule has 10 atom stereocenters. The highest BCUT2D eigenvalue weighted by Gasteiger charge is 2.60. The highest BCUT2D eigenvalue weighted by Crippen LogP contribution is 2.62. The van der Waals surface area contributed by atoms with E-state index in [1.54, 1.807) is 6.92 Å². The topological polar surface area (TPSA) is 238 Å². The largest absolute Gasteiger partial charge is 0.386 e. The number of hydrogen-bond acceptors (Lipinski definition) is 17. The van der Waals surface area contributed by atoms with Gasteiger partial charge in [-0.2, -0.15) is 0 Å². The number of methoxy groups -OCH3 is 1. The molecule has 19 nitrogen and oxygen atoms in total.